The van der Waals surface area contributed by atoms with Crippen molar-refractivity contribution in [2.24, 2.45) is 5.73 Å². The highest BCUT2D eigenvalue weighted by atomic mass is 79.9. The molecular formula is C8H10BrClF2N2O2S. The van der Waals surface area contributed by atoms with Crippen molar-refractivity contribution >= 4 is 38.4 Å². The van der Waals surface area contributed by atoms with E-state index in [-0.39, 0.29) is 30.0 Å². The zero-order valence-electron chi connectivity index (χ0n) is 8.41. The minimum atomic E-state index is -3.99. The van der Waals surface area contributed by atoms with E-state index in [1.54, 1.807) is 0 Å². The van der Waals surface area contributed by atoms with Crippen molar-refractivity contribution in [2.75, 3.05) is 13.1 Å². The molecule has 1 rings (SSSR count). The van der Waals surface area contributed by atoms with E-state index >= 15 is 0 Å². The molecule has 0 aliphatic carbocycles. The number of benzene rings is 1. The van der Waals surface area contributed by atoms with Gasteiger partial charge < -0.3 is 5.73 Å². The van der Waals surface area contributed by atoms with Gasteiger partial charge in [-0.25, -0.2) is 21.9 Å². The van der Waals surface area contributed by atoms with Crippen LogP contribution in [-0.2, 0) is 10.0 Å². The molecule has 0 heterocycles. The molecule has 0 saturated heterocycles. The predicted octanol–water partition coefficient (Wildman–Crippen LogP) is 1.39. The van der Waals surface area contributed by atoms with Crippen molar-refractivity contribution in [3.63, 3.8) is 0 Å². The fourth-order valence-electron chi connectivity index (χ4n) is 0.981. The molecule has 0 saturated carbocycles. The van der Waals surface area contributed by atoms with Crippen molar-refractivity contribution in [2.45, 2.75) is 4.90 Å². The third-order valence-electron chi connectivity index (χ3n) is 1.70. The molecular weight excluding hydrogens is 342 g/mol. The molecule has 0 fully saturated rings. The second-order valence-electron chi connectivity index (χ2n) is 2.88. The standard InChI is InChI=1S/C8H9BrF2N2O2S.ClH/c9-5-3-8(7(11)4-6(5)10)16(14,15)13-2-1-12;/h3-4,13H,1-2,12H2;1H. The van der Waals surface area contributed by atoms with E-state index in [2.05, 4.69) is 20.7 Å². The summed E-state index contributed by atoms with van der Waals surface area (Å²) >= 11 is 2.78. The van der Waals surface area contributed by atoms with E-state index in [4.69, 9.17) is 5.73 Å². The van der Waals surface area contributed by atoms with Gasteiger partial charge in [0.1, 0.15) is 16.5 Å². The van der Waals surface area contributed by atoms with Crippen molar-refractivity contribution in [1.82, 2.24) is 4.72 Å². The Morgan fingerprint density at radius 2 is 1.88 bits per heavy atom. The van der Waals surface area contributed by atoms with Crippen LogP contribution < -0.4 is 10.5 Å². The lowest BCUT2D eigenvalue weighted by Crippen LogP contribution is -2.29. The van der Waals surface area contributed by atoms with Crippen molar-refractivity contribution in [3.8, 4) is 0 Å². The topological polar surface area (TPSA) is 72.2 Å². The lowest BCUT2D eigenvalue weighted by atomic mass is 10.3. The number of hydrogen-bond donors (Lipinski definition) is 2. The summed E-state index contributed by atoms with van der Waals surface area (Å²) in [7, 11) is -3.99. The lowest BCUT2D eigenvalue weighted by Gasteiger charge is -2.07. The Hall–Kier alpha value is -0.280. The molecule has 0 atom stereocenters. The Morgan fingerprint density at radius 3 is 2.41 bits per heavy atom. The van der Waals surface area contributed by atoms with Gasteiger partial charge in [-0.2, -0.15) is 0 Å². The van der Waals surface area contributed by atoms with Crippen LogP contribution in [0.5, 0.6) is 0 Å². The van der Waals surface area contributed by atoms with Gasteiger partial charge in [0.05, 0.1) is 4.47 Å². The largest absolute Gasteiger partial charge is 0.329 e. The first kappa shape index (κ1) is 16.7. The Kier molecular flexibility index (Phi) is 6.49. The van der Waals surface area contributed by atoms with Crippen LogP contribution in [0.3, 0.4) is 0 Å². The van der Waals surface area contributed by atoms with Crippen LogP contribution in [0.4, 0.5) is 8.78 Å². The third kappa shape index (κ3) is 4.14. The van der Waals surface area contributed by atoms with Gasteiger partial charge in [0.2, 0.25) is 10.0 Å². The predicted molar refractivity (Wildman–Crippen MR) is 65.5 cm³/mol. The van der Waals surface area contributed by atoms with E-state index in [0.29, 0.717) is 6.07 Å². The average Bonchev–Trinajstić information content (AvgIpc) is 2.20. The van der Waals surface area contributed by atoms with Crippen molar-refractivity contribution in [3.05, 3.63) is 28.2 Å². The van der Waals surface area contributed by atoms with Crippen LogP contribution in [0.2, 0.25) is 0 Å². The summed E-state index contributed by atoms with van der Waals surface area (Å²) in [6.45, 7) is 0.0694. The minimum absolute atomic E-state index is 0. The molecule has 0 aliphatic rings. The highest BCUT2D eigenvalue weighted by Crippen LogP contribution is 2.23. The first-order chi connectivity index (χ1) is 7.38. The maximum absolute atomic E-state index is 13.2. The monoisotopic (exact) mass is 350 g/mol. The lowest BCUT2D eigenvalue weighted by molar-refractivity contribution is 0.541. The Bertz CT molecular complexity index is 499. The SMILES string of the molecule is Cl.NCCNS(=O)(=O)c1cc(Br)c(F)cc1F. The number of hydrogen-bond acceptors (Lipinski definition) is 3. The van der Waals surface area contributed by atoms with Gasteiger partial charge in [0, 0.05) is 19.2 Å². The molecule has 0 aliphatic heterocycles. The van der Waals surface area contributed by atoms with Gasteiger partial charge in [-0.1, -0.05) is 0 Å². The van der Waals surface area contributed by atoms with Crippen molar-refractivity contribution in [1.29, 1.82) is 0 Å². The van der Waals surface area contributed by atoms with E-state index in [0.717, 1.165) is 6.07 Å². The summed E-state index contributed by atoms with van der Waals surface area (Å²) in [6, 6.07) is 1.37. The zero-order valence-corrected chi connectivity index (χ0v) is 11.6. The van der Waals surface area contributed by atoms with Gasteiger partial charge in [-0.15, -0.1) is 12.4 Å². The summed E-state index contributed by atoms with van der Waals surface area (Å²) in [5.74, 6) is -2.01. The van der Waals surface area contributed by atoms with Crippen LogP contribution in [0, 0.1) is 11.6 Å². The summed E-state index contributed by atoms with van der Waals surface area (Å²) in [5, 5.41) is 0. The summed E-state index contributed by atoms with van der Waals surface area (Å²) in [6.07, 6.45) is 0. The number of halogens is 4. The molecule has 17 heavy (non-hydrogen) atoms. The van der Waals surface area contributed by atoms with E-state index < -0.39 is 26.6 Å². The van der Waals surface area contributed by atoms with Crippen LogP contribution >= 0.6 is 28.3 Å². The normalized spacial score (nSPS) is 11.1. The second kappa shape index (κ2) is 6.60. The molecule has 0 radical (unpaired) electrons. The summed E-state index contributed by atoms with van der Waals surface area (Å²) < 4.78 is 51.1. The highest BCUT2D eigenvalue weighted by Gasteiger charge is 2.20. The molecule has 0 spiro atoms. The molecule has 1 aromatic rings. The van der Waals surface area contributed by atoms with Crippen LogP contribution in [0.15, 0.2) is 21.5 Å². The summed E-state index contributed by atoms with van der Waals surface area (Å²) in [4.78, 5) is -0.616. The van der Waals surface area contributed by atoms with Crippen molar-refractivity contribution < 1.29 is 17.2 Å². The molecule has 0 amide bonds. The van der Waals surface area contributed by atoms with Gasteiger partial charge in [0.25, 0.3) is 0 Å². The Labute approximate surface area is 112 Å². The smallest absolute Gasteiger partial charge is 0.243 e. The van der Waals surface area contributed by atoms with E-state index in [1.165, 1.54) is 0 Å². The molecule has 98 valence electrons. The second-order valence-corrected chi connectivity index (χ2v) is 5.47. The summed E-state index contributed by atoms with van der Waals surface area (Å²) in [5.41, 5.74) is 5.12. The number of sulfonamides is 1. The van der Waals surface area contributed by atoms with Gasteiger partial charge in [0.15, 0.2) is 0 Å². The van der Waals surface area contributed by atoms with Gasteiger partial charge in [-0.05, 0) is 22.0 Å². The van der Waals surface area contributed by atoms with Crippen LogP contribution in [0.1, 0.15) is 0 Å². The van der Waals surface area contributed by atoms with E-state index in [9.17, 15) is 17.2 Å². The van der Waals surface area contributed by atoms with Gasteiger partial charge in [-0.3, -0.25) is 0 Å². The maximum Gasteiger partial charge on any atom is 0.243 e. The minimum Gasteiger partial charge on any atom is -0.329 e. The third-order valence-corrected chi connectivity index (χ3v) is 3.78. The molecule has 3 N–H and O–H groups in total. The first-order valence-electron chi connectivity index (χ1n) is 4.23. The highest BCUT2D eigenvalue weighted by molar-refractivity contribution is 9.10. The quantitative estimate of drug-likeness (QED) is 0.805. The molecule has 4 nitrogen and oxygen atoms in total. The Balaban J connectivity index is 0.00000256. The molecule has 0 unspecified atom stereocenters. The molecule has 9 heteroatoms. The molecule has 1 aromatic carbocycles. The molecule has 0 aromatic heterocycles. The number of nitrogens with two attached hydrogens (primary N) is 1. The number of rotatable bonds is 4. The van der Waals surface area contributed by atoms with Crippen LogP contribution in [-0.4, -0.2) is 21.5 Å². The maximum atomic E-state index is 13.2. The zero-order chi connectivity index (χ0) is 12.3. The fraction of sp³-hybridized carbons (Fsp3) is 0.250. The fourth-order valence-corrected chi connectivity index (χ4v) is 2.61. The first-order valence-corrected chi connectivity index (χ1v) is 6.50. The van der Waals surface area contributed by atoms with E-state index in [1.807, 2.05) is 0 Å². The molecule has 0 bridgehead atoms. The van der Waals surface area contributed by atoms with Gasteiger partial charge >= 0.3 is 0 Å². The Morgan fingerprint density at radius 1 is 1.29 bits per heavy atom. The number of nitrogens with one attached hydrogen (secondary N) is 1. The van der Waals surface area contributed by atoms with Crippen LogP contribution in [0.25, 0.3) is 0 Å². The average molecular weight is 352 g/mol.